The van der Waals surface area contributed by atoms with Crippen molar-refractivity contribution in [3.8, 4) is 0 Å². The first kappa shape index (κ1) is 11.1. The molecule has 0 radical (unpaired) electrons. The van der Waals surface area contributed by atoms with Crippen LogP contribution in [-0.2, 0) is 4.74 Å². The molecule has 78 valence electrons. The van der Waals surface area contributed by atoms with Crippen molar-refractivity contribution in [2.75, 3.05) is 6.61 Å². The molecular weight excluding hydrogens is 196 g/mol. The van der Waals surface area contributed by atoms with Gasteiger partial charge in [-0.1, -0.05) is 0 Å². The molecule has 5 N–H and O–H groups in total. The molecule has 0 saturated carbocycles. The summed E-state index contributed by atoms with van der Waals surface area (Å²) in [6.07, 6.45) is -5.46. The summed E-state index contributed by atoms with van der Waals surface area (Å²) in [5.41, 5.74) is -1.81. The Bertz CT molecular complexity index is 184. The molecule has 0 amide bonds. The first-order chi connectivity index (χ1) is 5.90. The quantitative estimate of drug-likeness (QED) is 0.279. The van der Waals surface area contributed by atoms with Crippen LogP contribution in [0.2, 0.25) is 0 Å². The third-order valence-corrected chi connectivity index (χ3v) is 3.00. The highest BCUT2D eigenvalue weighted by Gasteiger charge is 2.49. The van der Waals surface area contributed by atoms with Crippen molar-refractivity contribution >= 4 is 10.2 Å². The van der Waals surface area contributed by atoms with Gasteiger partial charge in [-0.05, 0) is 0 Å². The molecule has 0 aromatic rings. The summed E-state index contributed by atoms with van der Waals surface area (Å²) < 4.78 is 4.83. The fourth-order valence-corrected chi connectivity index (χ4v) is 1.96. The Labute approximate surface area is 77.8 Å². The molecule has 6 nitrogen and oxygen atoms in total. The Morgan fingerprint density at radius 1 is 1.23 bits per heavy atom. The minimum Gasteiger partial charge on any atom is -0.394 e. The molecule has 1 heterocycles. The number of rotatable bonds is 1. The van der Waals surface area contributed by atoms with E-state index >= 15 is 0 Å². The fourth-order valence-electron chi connectivity index (χ4n) is 1.31. The van der Waals surface area contributed by atoms with Gasteiger partial charge >= 0.3 is 0 Å². The minimum absolute atomic E-state index is 0.0669. The second-order valence-corrected chi connectivity index (χ2v) is 4.75. The van der Waals surface area contributed by atoms with Crippen LogP contribution in [0.15, 0.2) is 0 Å². The second-order valence-electron chi connectivity index (χ2n) is 3.32. The normalized spacial score (nSPS) is 52.4. The van der Waals surface area contributed by atoms with Gasteiger partial charge in [-0.2, -0.15) is 0 Å². The van der Waals surface area contributed by atoms with E-state index in [9.17, 15) is 20.4 Å². The highest BCUT2D eigenvalue weighted by molar-refractivity contribution is 6.13. The standard InChI is InChI=1S/C6H14O6Si/c7-1-2-3(8)4(9)5(10)6(11,13)12-2/h2-5,7-11H,1H2,13H3/t2-,3-,4+,5-,6?/m1/s1. The number of aliphatic hydroxyl groups is 5. The van der Waals surface area contributed by atoms with Crippen molar-refractivity contribution < 1.29 is 30.3 Å². The maximum Gasteiger partial charge on any atom is 0.166 e. The van der Waals surface area contributed by atoms with E-state index in [1.807, 2.05) is 0 Å². The van der Waals surface area contributed by atoms with Crippen molar-refractivity contribution in [1.82, 2.24) is 0 Å². The molecule has 1 aliphatic rings. The van der Waals surface area contributed by atoms with Gasteiger partial charge in [-0.3, -0.25) is 0 Å². The van der Waals surface area contributed by atoms with E-state index in [1.54, 1.807) is 0 Å². The SMILES string of the molecule is OC[C@H]1OC(O)([SiH3])[C@H](O)[C@@H](O)[C@@H]1O. The van der Waals surface area contributed by atoms with Gasteiger partial charge in [0.15, 0.2) is 5.41 Å². The summed E-state index contributed by atoms with van der Waals surface area (Å²) in [6.45, 7) is -0.518. The van der Waals surface area contributed by atoms with Gasteiger partial charge in [-0.25, -0.2) is 0 Å². The lowest BCUT2D eigenvalue weighted by Crippen LogP contribution is -2.65. The largest absolute Gasteiger partial charge is 0.394 e. The topological polar surface area (TPSA) is 110 Å². The first-order valence-corrected chi connectivity index (χ1v) is 4.95. The number of hydrogen-bond acceptors (Lipinski definition) is 6. The second kappa shape index (κ2) is 3.62. The molecule has 5 atom stereocenters. The third-order valence-electron chi connectivity index (χ3n) is 2.17. The predicted octanol–water partition coefficient (Wildman–Crippen LogP) is -4.53. The molecule has 0 bridgehead atoms. The third kappa shape index (κ3) is 1.91. The summed E-state index contributed by atoms with van der Waals surface area (Å²) in [5, 5.41) is 45.9. The summed E-state index contributed by atoms with van der Waals surface area (Å²) in [6, 6.07) is 0. The van der Waals surface area contributed by atoms with Gasteiger partial charge in [0.1, 0.15) is 24.4 Å². The van der Waals surface area contributed by atoms with Gasteiger partial charge in [0.05, 0.1) is 16.8 Å². The Kier molecular flexibility index (Phi) is 3.07. The molecule has 1 rings (SSSR count). The Balaban J connectivity index is 2.79. The van der Waals surface area contributed by atoms with Crippen LogP contribution in [0.25, 0.3) is 0 Å². The van der Waals surface area contributed by atoms with E-state index in [1.165, 1.54) is 0 Å². The summed E-state index contributed by atoms with van der Waals surface area (Å²) in [4.78, 5) is 0. The minimum atomic E-state index is -1.81. The molecular formula is C6H14O6Si. The van der Waals surface area contributed by atoms with Crippen molar-refractivity contribution in [2.45, 2.75) is 29.8 Å². The van der Waals surface area contributed by atoms with Crippen molar-refractivity contribution in [3.63, 3.8) is 0 Å². The van der Waals surface area contributed by atoms with E-state index in [-0.39, 0.29) is 10.2 Å². The molecule has 13 heavy (non-hydrogen) atoms. The van der Waals surface area contributed by atoms with E-state index in [0.29, 0.717) is 0 Å². The van der Waals surface area contributed by atoms with E-state index in [2.05, 4.69) is 0 Å². The van der Waals surface area contributed by atoms with Crippen LogP contribution in [0.3, 0.4) is 0 Å². The lowest BCUT2D eigenvalue weighted by Gasteiger charge is -2.43. The predicted molar refractivity (Wildman–Crippen MR) is 44.9 cm³/mol. The average Bonchev–Trinajstić information content (AvgIpc) is 2.08. The molecule has 1 unspecified atom stereocenters. The van der Waals surface area contributed by atoms with Crippen LogP contribution >= 0.6 is 0 Å². The molecule has 1 aliphatic heterocycles. The molecule has 1 saturated heterocycles. The Morgan fingerprint density at radius 3 is 2.23 bits per heavy atom. The molecule has 0 aromatic carbocycles. The van der Waals surface area contributed by atoms with Crippen LogP contribution in [0.5, 0.6) is 0 Å². The fraction of sp³-hybridized carbons (Fsp3) is 1.00. The van der Waals surface area contributed by atoms with Gasteiger partial charge in [0.25, 0.3) is 0 Å². The van der Waals surface area contributed by atoms with Gasteiger partial charge in [-0.15, -0.1) is 0 Å². The summed E-state index contributed by atoms with van der Waals surface area (Å²) in [5.74, 6) is 0. The first-order valence-electron chi connectivity index (χ1n) is 3.95. The lowest BCUT2D eigenvalue weighted by atomic mass is 9.99. The summed E-state index contributed by atoms with van der Waals surface area (Å²) in [7, 11) is 0.0669. The number of ether oxygens (including phenoxy) is 1. The number of hydrogen-bond donors (Lipinski definition) is 5. The summed E-state index contributed by atoms with van der Waals surface area (Å²) >= 11 is 0. The van der Waals surface area contributed by atoms with E-state index in [4.69, 9.17) is 9.84 Å². The highest BCUT2D eigenvalue weighted by atomic mass is 28.1. The zero-order chi connectivity index (χ0) is 10.2. The van der Waals surface area contributed by atoms with Crippen LogP contribution in [0, 0.1) is 0 Å². The maximum atomic E-state index is 9.44. The maximum absolute atomic E-state index is 9.44. The van der Waals surface area contributed by atoms with Crippen LogP contribution in [-0.4, -0.2) is 72.2 Å². The Morgan fingerprint density at radius 2 is 1.77 bits per heavy atom. The van der Waals surface area contributed by atoms with Crippen molar-refractivity contribution in [2.24, 2.45) is 0 Å². The van der Waals surface area contributed by atoms with Crippen LogP contribution in [0.4, 0.5) is 0 Å². The monoisotopic (exact) mass is 210 g/mol. The van der Waals surface area contributed by atoms with Crippen LogP contribution < -0.4 is 0 Å². The van der Waals surface area contributed by atoms with Gasteiger partial charge < -0.3 is 30.3 Å². The van der Waals surface area contributed by atoms with Gasteiger partial charge in [0, 0.05) is 0 Å². The zero-order valence-electron chi connectivity index (χ0n) is 7.16. The van der Waals surface area contributed by atoms with Crippen molar-refractivity contribution in [3.05, 3.63) is 0 Å². The Hall–Kier alpha value is -0.0231. The van der Waals surface area contributed by atoms with Crippen molar-refractivity contribution in [1.29, 1.82) is 0 Å². The molecule has 7 heteroatoms. The molecule has 0 aliphatic carbocycles. The van der Waals surface area contributed by atoms with E-state index < -0.39 is 36.4 Å². The van der Waals surface area contributed by atoms with Crippen LogP contribution in [0.1, 0.15) is 0 Å². The van der Waals surface area contributed by atoms with Gasteiger partial charge in [0.2, 0.25) is 0 Å². The highest BCUT2D eigenvalue weighted by Crippen LogP contribution is 2.25. The lowest BCUT2D eigenvalue weighted by molar-refractivity contribution is -0.310. The molecule has 0 spiro atoms. The average molecular weight is 210 g/mol. The molecule has 0 aromatic heterocycles. The smallest absolute Gasteiger partial charge is 0.166 e. The molecule has 1 fully saturated rings. The van der Waals surface area contributed by atoms with E-state index in [0.717, 1.165) is 0 Å². The zero-order valence-corrected chi connectivity index (χ0v) is 9.16. The number of aliphatic hydroxyl groups excluding tert-OH is 4.